The van der Waals surface area contributed by atoms with E-state index in [4.69, 9.17) is 16.0 Å². The summed E-state index contributed by atoms with van der Waals surface area (Å²) in [7, 11) is 0. The first kappa shape index (κ1) is 16.1. The summed E-state index contributed by atoms with van der Waals surface area (Å²) in [6.07, 6.45) is 5.29. The molecule has 1 aromatic carbocycles. The fourth-order valence-electron chi connectivity index (χ4n) is 3.21. The van der Waals surface area contributed by atoms with Crippen LogP contribution in [-0.2, 0) is 6.42 Å². The highest BCUT2D eigenvalue weighted by Crippen LogP contribution is 2.30. The van der Waals surface area contributed by atoms with E-state index in [0.717, 1.165) is 53.4 Å². The summed E-state index contributed by atoms with van der Waals surface area (Å²) in [5, 5.41) is 0.756. The van der Waals surface area contributed by atoms with Gasteiger partial charge in [-0.05, 0) is 31.0 Å². The third kappa shape index (κ3) is 3.51. The quantitative estimate of drug-likeness (QED) is 0.708. The van der Waals surface area contributed by atoms with Crippen molar-refractivity contribution in [3.05, 3.63) is 70.8 Å². The molecule has 2 aromatic heterocycles. The van der Waals surface area contributed by atoms with E-state index >= 15 is 0 Å². The molecule has 3 heterocycles. The van der Waals surface area contributed by atoms with Crippen molar-refractivity contribution in [3.8, 4) is 0 Å². The highest BCUT2D eigenvalue weighted by molar-refractivity contribution is 6.31. The van der Waals surface area contributed by atoms with Crippen molar-refractivity contribution < 1.29 is 4.42 Å². The van der Waals surface area contributed by atoms with Crippen LogP contribution in [-0.4, -0.2) is 28.0 Å². The zero-order valence-electron chi connectivity index (χ0n) is 14.0. The van der Waals surface area contributed by atoms with Crippen molar-refractivity contribution in [3.63, 3.8) is 0 Å². The lowest BCUT2D eigenvalue weighted by atomic mass is 10.1. The molecule has 4 rings (SSSR count). The van der Waals surface area contributed by atoms with Gasteiger partial charge in [-0.1, -0.05) is 29.8 Å². The minimum absolute atomic E-state index is 0.287. The summed E-state index contributed by atoms with van der Waals surface area (Å²) in [6.45, 7) is 3.72. The van der Waals surface area contributed by atoms with E-state index < -0.39 is 0 Å². The molecule has 128 valence electrons. The molecule has 6 heteroatoms. The average Bonchev–Trinajstić information content (AvgIpc) is 3.26. The van der Waals surface area contributed by atoms with Gasteiger partial charge >= 0.3 is 0 Å². The van der Waals surface area contributed by atoms with Crippen LogP contribution in [0.3, 0.4) is 0 Å². The van der Waals surface area contributed by atoms with Crippen molar-refractivity contribution in [2.24, 2.45) is 0 Å². The lowest BCUT2D eigenvalue weighted by molar-refractivity contribution is 0.433. The Morgan fingerprint density at radius 3 is 2.96 bits per heavy atom. The first-order chi connectivity index (χ1) is 12.2. The normalized spacial score (nSPS) is 17.2. The van der Waals surface area contributed by atoms with E-state index in [-0.39, 0.29) is 5.92 Å². The first-order valence-electron chi connectivity index (χ1n) is 8.41. The molecule has 0 unspecified atom stereocenters. The van der Waals surface area contributed by atoms with Crippen molar-refractivity contribution in [1.29, 1.82) is 0 Å². The number of nitrogens with zero attached hydrogens (tertiary/aromatic N) is 4. The van der Waals surface area contributed by atoms with Crippen LogP contribution in [0.15, 0.2) is 47.1 Å². The second kappa shape index (κ2) is 6.84. The maximum absolute atomic E-state index is 6.23. The van der Waals surface area contributed by atoms with Gasteiger partial charge in [-0.3, -0.25) is 0 Å². The third-order valence-electron chi connectivity index (χ3n) is 4.52. The Morgan fingerprint density at radius 2 is 2.12 bits per heavy atom. The van der Waals surface area contributed by atoms with Gasteiger partial charge in [0.05, 0.1) is 12.1 Å². The van der Waals surface area contributed by atoms with Crippen molar-refractivity contribution in [2.45, 2.75) is 25.7 Å². The SMILES string of the molecule is Cc1nccc(N2CC[C@H](c3ncc(Cc4ccccc4Cl)o3)C2)n1. The van der Waals surface area contributed by atoms with Gasteiger partial charge in [-0.15, -0.1) is 0 Å². The van der Waals surface area contributed by atoms with Crippen molar-refractivity contribution in [1.82, 2.24) is 15.0 Å². The van der Waals surface area contributed by atoms with E-state index in [1.54, 1.807) is 6.20 Å². The maximum Gasteiger partial charge on any atom is 0.199 e. The molecule has 1 saturated heterocycles. The highest BCUT2D eigenvalue weighted by atomic mass is 35.5. The van der Waals surface area contributed by atoms with Crippen LogP contribution in [0.25, 0.3) is 0 Å². The van der Waals surface area contributed by atoms with E-state index in [1.807, 2.05) is 43.5 Å². The molecule has 0 radical (unpaired) electrons. The van der Waals surface area contributed by atoms with Gasteiger partial charge in [0.2, 0.25) is 0 Å². The number of oxazole rings is 1. The number of hydrogen-bond donors (Lipinski definition) is 0. The van der Waals surface area contributed by atoms with Gasteiger partial charge < -0.3 is 9.32 Å². The summed E-state index contributed by atoms with van der Waals surface area (Å²) in [4.78, 5) is 15.4. The van der Waals surface area contributed by atoms with E-state index in [9.17, 15) is 0 Å². The van der Waals surface area contributed by atoms with Crippen LogP contribution in [0.4, 0.5) is 5.82 Å². The van der Waals surface area contributed by atoms with E-state index in [1.165, 1.54) is 0 Å². The van der Waals surface area contributed by atoms with Crippen LogP contribution in [0.1, 0.15) is 35.4 Å². The standard InChI is InChI=1S/C19H19ClN4O/c1-13-21-8-6-18(23-13)24-9-7-15(12-24)19-22-11-16(25-19)10-14-4-2-3-5-17(14)20/h2-6,8,11,15H,7,9-10,12H2,1H3/t15-/m0/s1. The van der Waals surface area contributed by atoms with Crippen LogP contribution in [0.5, 0.6) is 0 Å². The van der Waals surface area contributed by atoms with Crippen LogP contribution in [0, 0.1) is 6.92 Å². The number of aromatic nitrogens is 3. The molecule has 1 atom stereocenters. The first-order valence-corrected chi connectivity index (χ1v) is 8.79. The second-order valence-electron chi connectivity index (χ2n) is 6.33. The molecule has 0 N–H and O–H groups in total. The summed E-state index contributed by atoms with van der Waals surface area (Å²) in [5.74, 6) is 3.70. The smallest absolute Gasteiger partial charge is 0.199 e. The summed E-state index contributed by atoms with van der Waals surface area (Å²) in [6, 6.07) is 9.77. The van der Waals surface area contributed by atoms with Gasteiger partial charge in [0.1, 0.15) is 17.4 Å². The molecule has 0 amide bonds. The molecule has 1 aliphatic heterocycles. The maximum atomic E-state index is 6.23. The third-order valence-corrected chi connectivity index (χ3v) is 4.89. The number of benzene rings is 1. The van der Waals surface area contributed by atoms with Crippen LogP contribution >= 0.6 is 11.6 Å². The fraction of sp³-hybridized carbons (Fsp3) is 0.316. The molecule has 1 fully saturated rings. The average molecular weight is 355 g/mol. The minimum atomic E-state index is 0.287. The monoisotopic (exact) mass is 354 g/mol. The lowest BCUT2D eigenvalue weighted by Crippen LogP contribution is -2.20. The molecular formula is C19H19ClN4O. The Balaban J connectivity index is 1.45. The zero-order valence-corrected chi connectivity index (χ0v) is 14.8. The molecule has 5 nitrogen and oxygen atoms in total. The highest BCUT2D eigenvalue weighted by Gasteiger charge is 2.28. The van der Waals surface area contributed by atoms with Gasteiger partial charge in [0.15, 0.2) is 5.89 Å². The molecule has 1 aliphatic rings. The number of halogens is 1. The molecule has 0 bridgehead atoms. The molecular weight excluding hydrogens is 336 g/mol. The molecule has 25 heavy (non-hydrogen) atoms. The van der Waals surface area contributed by atoms with Crippen molar-refractivity contribution >= 4 is 17.4 Å². The lowest BCUT2D eigenvalue weighted by Gasteiger charge is -2.16. The summed E-state index contributed by atoms with van der Waals surface area (Å²) < 4.78 is 6.01. The minimum Gasteiger partial charge on any atom is -0.445 e. The van der Waals surface area contributed by atoms with Gasteiger partial charge in [0, 0.05) is 30.7 Å². The molecule has 0 spiro atoms. The topological polar surface area (TPSA) is 55.1 Å². The molecule has 0 aliphatic carbocycles. The Labute approximate surface area is 151 Å². The predicted molar refractivity (Wildman–Crippen MR) is 97.1 cm³/mol. The fourth-order valence-corrected chi connectivity index (χ4v) is 3.41. The predicted octanol–water partition coefficient (Wildman–Crippen LogP) is 4.01. The van der Waals surface area contributed by atoms with Gasteiger partial charge in [0.25, 0.3) is 0 Å². The van der Waals surface area contributed by atoms with E-state index in [0.29, 0.717) is 6.42 Å². The molecule has 3 aromatic rings. The van der Waals surface area contributed by atoms with Gasteiger partial charge in [-0.25, -0.2) is 15.0 Å². The van der Waals surface area contributed by atoms with Crippen LogP contribution < -0.4 is 4.90 Å². The number of anilines is 1. The Hall–Kier alpha value is -2.40. The van der Waals surface area contributed by atoms with Gasteiger partial charge in [-0.2, -0.15) is 0 Å². The number of aryl methyl sites for hydroxylation is 1. The summed E-state index contributed by atoms with van der Waals surface area (Å²) in [5.41, 5.74) is 1.05. The van der Waals surface area contributed by atoms with E-state index in [2.05, 4.69) is 19.9 Å². The Kier molecular flexibility index (Phi) is 4.40. The Morgan fingerprint density at radius 1 is 1.24 bits per heavy atom. The number of rotatable bonds is 4. The van der Waals surface area contributed by atoms with Crippen molar-refractivity contribution in [2.75, 3.05) is 18.0 Å². The second-order valence-corrected chi connectivity index (χ2v) is 6.73. The largest absolute Gasteiger partial charge is 0.445 e. The molecule has 0 saturated carbocycles. The van der Waals surface area contributed by atoms with Crippen LogP contribution in [0.2, 0.25) is 5.02 Å². The number of hydrogen-bond acceptors (Lipinski definition) is 5. The zero-order chi connectivity index (χ0) is 17.2. The Bertz CT molecular complexity index is 879. The summed E-state index contributed by atoms with van der Waals surface area (Å²) >= 11 is 6.23.